The van der Waals surface area contributed by atoms with Gasteiger partial charge in [0.2, 0.25) is 0 Å². The number of hydrogen-bond donors (Lipinski definition) is 0. The Morgan fingerprint density at radius 1 is 0.276 bits per heavy atom. The van der Waals surface area contributed by atoms with Crippen molar-refractivity contribution in [2.75, 3.05) is 0 Å². The summed E-state index contributed by atoms with van der Waals surface area (Å²) in [6.07, 6.45) is 33.1. The Hall–Kier alpha value is 1.92. The van der Waals surface area contributed by atoms with Crippen LogP contribution in [0.1, 0.15) is 276 Å². The van der Waals surface area contributed by atoms with Gasteiger partial charge in [-0.2, -0.15) is 0 Å². The molecular weight excluding hydrogens is 910 g/mol. The second kappa shape index (κ2) is 42.8. The van der Waals surface area contributed by atoms with Gasteiger partial charge in [0.15, 0.2) is 0 Å². The summed E-state index contributed by atoms with van der Waals surface area (Å²) in [4.78, 5) is 37.2. The van der Waals surface area contributed by atoms with E-state index in [1.54, 1.807) is 0 Å². The van der Waals surface area contributed by atoms with Crippen LogP contribution in [0.2, 0.25) is 0 Å². The summed E-state index contributed by atoms with van der Waals surface area (Å²) in [5, 5.41) is 0. The molecule has 0 N–H and O–H groups in total. The molecule has 0 saturated heterocycles. The Bertz CT molecular complexity index is 824. The maximum Gasteiger partial charge on any atom is 3.00 e. The van der Waals surface area contributed by atoms with E-state index in [-0.39, 0.29) is 74.8 Å². The molecule has 349 valence electrons. The van der Waals surface area contributed by atoms with E-state index in [1.807, 2.05) is 41.5 Å². The van der Waals surface area contributed by atoms with Crippen LogP contribution >= 0.6 is 22.1 Å². The predicted octanol–water partition coefficient (Wildman–Crippen LogP) is 16.0. The third kappa shape index (κ3) is 34.3. The van der Waals surface area contributed by atoms with E-state index in [2.05, 4.69) is 41.5 Å². The molecule has 0 bridgehead atoms. The van der Waals surface area contributed by atoms with Crippen LogP contribution in [-0.4, -0.2) is 34.0 Å². The molecule has 6 atom stereocenters. The average molecular weight is 1010 g/mol. The predicted molar refractivity (Wildman–Crippen MR) is 252 cm³/mol. The summed E-state index contributed by atoms with van der Waals surface area (Å²) in [5.74, 6) is 0. The van der Waals surface area contributed by atoms with Gasteiger partial charge >= 0.3 is 40.8 Å². The molecule has 0 aliphatic rings. The molecule has 10 heteroatoms. The summed E-state index contributed by atoms with van der Waals surface area (Å²) in [5.41, 5.74) is -0.803. The largest absolute Gasteiger partial charge is 3.00 e. The van der Waals surface area contributed by atoms with Crippen molar-refractivity contribution >= 4 is 22.1 Å². The Kier molecular flexibility index (Phi) is 49.1. The van der Waals surface area contributed by atoms with Crippen LogP contribution in [0.4, 0.5) is 0 Å². The minimum absolute atomic E-state index is 0. The molecule has 6 nitrogen and oxygen atoms in total. The fourth-order valence-electron chi connectivity index (χ4n) is 7.58. The minimum atomic E-state index is -3.22. The zero-order valence-corrected chi connectivity index (χ0v) is 46.9. The first kappa shape index (κ1) is 66.5. The van der Waals surface area contributed by atoms with Crippen LogP contribution in [0.25, 0.3) is 0 Å². The van der Waals surface area contributed by atoms with Gasteiger partial charge in [-0.15, -0.1) is 0 Å². The molecular formula is C48H102NdO6P3. The third-order valence-corrected chi connectivity index (χ3v) is 21.5. The van der Waals surface area contributed by atoms with Crippen molar-refractivity contribution < 1.29 is 69.2 Å². The van der Waals surface area contributed by atoms with Crippen molar-refractivity contribution in [2.45, 2.75) is 310 Å². The van der Waals surface area contributed by atoms with Crippen LogP contribution in [0.15, 0.2) is 0 Å². The summed E-state index contributed by atoms with van der Waals surface area (Å²) >= 11 is 0. The van der Waals surface area contributed by atoms with Crippen molar-refractivity contribution in [3.63, 3.8) is 0 Å². The van der Waals surface area contributed by atoms with Crippen LogP contribution < -0.4 is 14.7 Å². The normalized spacial score (nSPS) is 17.6. The quantitative estimate of drug-likeness (QED) is 0.0455. The summed E-state index contributed by atoms with van der Waals surface area (Å²) in [6.45, 7) is 24.5. The maximum absolute atomic E-state index is 12.4. The Balaban J connectivity index is -0.000000374. The molecule has 0 aliphatic carbocycles. The summed E-state index contributed by atoms with van der Waals surface area (Å²) in [7, 11) is -9.67. The molecule has 0 fully saturated rings. The monoisotopic (exact) mass is 1010 g/mol. The smallest absolute Gasteiger partial charge is 0.799 e. The fraction of sp³-hybridized carbons (Fsp3) is 1.00. The first-order valence-corrected chi connectivity index (χ1v) is 30.1. The van der Waals surface area contributed by atoms with Crippen molar-refractivity contribution in [2.24, 2.45) is 0 Å². The summed E-state index contributed by atoms with van der Waals surface area (Å²) < 4.78 is 37.2. The molecule has 0 heterocycles. The van der Waals surface area contributed by atoms with E-state index in [1.165, 1.54) is 116 Å². The Morgan fingerprint density at radius 3 is 0.500 bits per heavy atom. The molecule has 0 aliphatic heterocycles. The topological polar surface area (TPSA) is 120 Å². The summed E-state index contributed by atoms with van der Waals surface area (Å²) in [6, 6.07) is 0. The van der Waals surface area contributed by atoms with Gasteiger partial charge in [-0.25, -0.2) is 0 Å². The van der Waals surface area contributed by atoms with Gasteiger partial charge in [0.1, 0.15) is 0 Å². The van der Waals surface area contributed by atoms with Gasteiger partial charge in [0.05, 0.1) is 0 Å². The third-order valence-electron chi connectivity index (χ3n) is 12.5. The molecule has 0 spiro atoms. The van der Waals surface area contributed by atoms with E-state index in [0.717, 1.165) is 77.0 Å². The van der Waals surface area contributed by atoms with Gasteiger partial charge in [-0.1, -0.05) is 237 Å². The van der Waals surface area contributed by atoms with E-state index >= 15 is 0 Å². The molecule has 1 radical (unpaired) electrons. The first-order valence-electron chi connectivity index (χ1n) is 24.8. The zero-order chi connectivity index (χ0) is 44.2. The Morgan fingerprint density at radius 2 is 0.397 bits per heavy atom. The van der Waals surface area contributed by atoms with Crippen molar-refractivity contribution in [3.8, 4) is 0 Å². The molecule has 0 saturated carbocycles. The second-order valence-electron chi connectivity index (χ2n) is 18.1. The SMILES string of the molecule is CCCCCCC(C)P(=O)([O-])C(C)CCCCCC.CCCCCCC(C)P(=O)([O-])C(C)CCCCCC.CCCCCCC(C)P(=O)([O-])C(C)CCCCCC.[Nd+3]. The van der Waals surface area contributed by atoms with Crippen LogP contribution in [0, 0.1) is 40.8 Å². The fourth-order valence-corrected chi connectivity index (χ4v) is 13.4. The standard InChI is InChI=1S/3C16H35O2P.Nd/c3*1-5-7-9-11-13-15(3)19(17,18)16(4)14-12-10-8-6-2;/h3*15-16H,5-14H2,1-4H3,(H,17,18);/q;;;+3/p-3. The molecule has 0 amide bonds. The molecule has 0 aromatic rings. The second-order valence-corrected chi connectivity index (χ2v) is 27.3. The van der Waals surface area contributed by atoms with E-state index < -0.39 is 22.1 Å². The van der Waals surface area contributed by atoms with Crippen molar-refractivity contribution in [1.82, 2.24) is 0 Å². The van der Waals surface area contributed by atoms with Gasteiger partial charge in [0, 0.05) is 22.1 Å². The number of unbranched alkanes of at least 4 members (excludes halogenated alkanes) is 18. The molecule has 0 aromatic heterocycles. The zero-order valence-electron chi connectivity index (χ0n) is 41.0. The molecule has 0 rings (SSSR count). The minimum Gasteiger partial charge on any atom is -0.799 e. The number of hydrogen-bond acceptors (Lipinski definition) is 6. The molecule has 6 unspecified atom stereocenters. The van der Waals surface area contributed by atoms with E-state index in [9.17, 15) is 28.4 Å². The maximum atomic E-state index is 12.4. The van der Waals surface area contributed by atoms with E-state index in [0.29, 0.717) is 0 Å². The van der Waals surface area contributed by atoms with Crippen molar-refractivity contribution in [1.29, 1.82) is 0 Å². The molecule has 58 heavy (non-hydrogen) atoms. The number of rotatable bonds is 36. The van der Waals surface area contributed by atoms with Crippen molar-refractivity contribution in [3.05, 3.63) is 0 Å². The van der Waals surface area contributed by atoms with Gasteiger partial charge in [0.25, 0.3) is 0 Å². The van der Waals surface area contributed by atoms with Crippen LogP contribution in [-0.2, 0) is 13.7 Å². The van der Waals surface area contributed by atoms with Gasteiger partial charge in [-0.3, -0.25) is 0 Å². The van der Waals surface area contributed by atoms with Crippen LogP contribution in [0.5, 0.6) is 0 Å². The Labute approximate surface area is 397 Å². The van der Waals surface area contributed by atoms with E-state index in [4.69, 9.17) is 0 Å². The first-order chi connectivity index (χ1) is 26.9. The molecule has 0 aromatic carbocycles. The van der Waals surface area contributed by atoms with Gasteiger partial charge in [-0.05, 0) is 72.5 Å². The van der Waals surface area contributed by atoms with Gasteiger partial charge < -0.3 is 28.4 Å². The average Bonchev–Trinajstić information content (AvgIpc) is 3.18. The van der Waals surface area contributed by atoms with Crippen LogP contribution in [0.3, 0.4) is 0 Å².